The number of likely N-dealkylation sites (tertiary alicyclic amines) is 1. The molecule has 0 aliphatic carbocycles. The van der Waals surface area contributed by atoms with Crippen molar-refractivity contribution < 1.29 is 4.79 Å². The summed E-state index contributed by atoms with van der Waals surface area (Å²) in [5.74, 6) is 0.248. The third-order valence-electron chi connectivity index (χ3n) is 4.06. The summed E-state index contributed by atoms with van der Waals surface area (Å²) in [6.45, 7) is 2.58. The van der Waals surface area contributed by atoms with E-state index in [0.717, 1.165) is 38.9 Å². The summed E-state index contributed by atoms with van der Waals surface area (Å²) in [4.78, 5) is 14.5. The van der Waals surface area contributed by atoms with Crippen molar-refractivity contribution in [2.75, 3.05) is 19.6 Å². The summed E-state index contributed by atoms with van der Waals surface area (Å²) in [6.07, 6.45) is 7.15. The normalized spacial score (nSPS) is 28.3. The largest absolute Gasteiger partial charge is 0.341 e. The molecule has 1 N–H and O–H groups in total. The quantitative estimate of drug-likeness (QED) is 0.812. The van der Waals surface area contributed by atoms with E-state index in [-0.39, 0.29) is 18.0 Å². The van der Waals surface area contributed by atoms with Gasteiger partial charge < -0.3 is 10.2 Å². The number of carbonyl (C=O) groups is 1. The Kier molecular flexibility index (Phi) is 3.72. The van der Waals surface area contributed by atoms with Gasteiger partial charge in [0.2, 0.25) is 5.91 Å². The summed E-state index contributed by atoms with van der Waals surface area (Å²) in [5, 5.41) is 14.5. The number of hydrogen-bond donors (Lipinski definition) is 1. The summed E-state index contributed by atoms with van der Waals surface area (Å²) < 4.78 is 1.74. The Labute approximate surface area is 112 Å². The lowest BCUT2D eigenvalue weighted by Crippen LogP contribution is -2.43. The van der Waals surface area contributed by atoms with Crippen LogP contribution in [0.5, 0.6) is 0 Å². The summed E-state index contributed by atoms with van der Waals surface area (Å²) in [5.41, 5.74) is 0. The van der Waals surface area contributed by atoms with Gasteiger partial charge >= 0.3 is 0 Å². The minimum absolute atomic E-state index is 0.0766. The molecule has 3 rings (SSSR count). The smallest absolute Gasteiger partial charge is 0.239 e. The maximum Gasteiger partial charge on any atom is 0.239 e. The highest BCUT2D eigenvalue weighted by Gasteiger charge is 2.33. The molecule has 7 heteroatoms. The predicted octanol–water partition coefficient (Wildman–Crippen LogP) is -0.0213. The molecule has 0 spiro atoms. The van der Waals surface area contributed by atoms with Crippen LogP contribution in [0.4, 0.5) is 0 Å². The molecule has 1 aromatic rings. The maximum atomic E-state index is 12.5. The summed E-state index contributed by atoms with van der Waals surface area (Å²) >= 11 is 0. The fourth-order valence-corrected chi connectivity index (χ4v) is 2.95. The fourth-order valence-electron chi connectivity index (χ4n) is 2.95. The van der Waals surface area contributed by atoms with Crippen LogP contribution in [0.25, 0.3) is 0 Å². The van der Waals surface area contributed by atoms with Crippen molar-refractivity contribution in [3.63, 3.8) is 0 Å². The first-order chi connectivity index (χ1) is 9.34. The Hall–Kier alpha value is -1.50. The van der Waals surface area contributed by atoms with Crippen molar-refractivity contribution in [1.29, 1.82) is 0 Å². The molecule has 0 bridgehead atoms. The van der Waals surface area contributed by atoms with Crippen LogP contribution in [0, 0.1) is 0 Å². The number of nitrogens with one attached hydrogen (secondary N) is 1. The van der Waals surface area contributed by atoms with E-state index in [2.05, 4.69) is 20.8 Å². The zero-order chi connectivity index (χ0) is 13.1. The van der Waals surface area contributed by atoms with Crippen molar-refractivity contribution in [3.05, 3.63) is 6.33 Å². The topological polar surface area (TPSA) is 75.9 Å². The van der Waals surface area contributed by atoms with Crippen LogP contribution in [0.15, 0.2) is 6.33 Å². The monoisotopic (exact) mass is 264 g/mol. The number of amides is 1. The molecule has 1 aromatic heterocycles. The molecule has 2 aliphatic heterocycles. The first-order valence-corrected chi connectivity index (χ1v) is 7.09. The van der Waals surface area contributed by atoms with Gasteiger partial charge in [0, 0.05) is 19.6 Å². The Morgan fingerprint density at radius 1 is 1.21 bits per heavy atom. The van der Waals surface area contributed by atoms with E-state index >= 15 is 0 Å². The highest BCUT2D eigenvalue weighted by Crippen LogP contribution is 2.20. The molecular weight excluding hydrogens is 244 g/mol. The van der Waals surface area contributed by atoms with Crippen molar-refractivity contribution in [2.24, 2.45) is 0 Å². The Bertz CT molecular complexity index is 412. The zero-order valence-corrected chi connectivity index (χ0v) is 11.0. The molecule has 2 atom stereocenters. The van der Waals surface area contributed by atoms with Crippen LogP contribution in [0.3, 0.4) is 0 Å². The van der Waals surface area contributed by atoms with E-state index in [4.69, 9.17) is 0 Å². The van der Waals surface area contributed by atoms with E-state index in [1.807, 2.05) is 4.90 Å². The molecule has 2 aliphatic rings. The Morgan fingerprint density at radius 2 is 2.00 bits per heavy atom. The molecule has 7 nitrogen and oxygen atoms in total. The molecular formula is C12H20N6O. The van der Waals surface area contributed by atoms with E-state index < -0.39 is 0 Å². The molecule has 104 valence electrons. The number of nitrogens with zero attached hydrogens (tertiary/aromatic N) is 5. The number of hydrogen-bond acceptors (Lipinski definition) is 5. The van der Waals surface area contributed by atoms with Crippen LogP contribution in [-0.4, -0.2) is 56.7 Å². The lowest BCUT2D eigenvalue weighted by Gasteiger charge is -2.23. The van der Waals surface area contributed by atoms with Gasteiger partial charge in [-0.05, 0) is 29.7 Å². The minimum Gasteiger partial charge on any atom is -0.341 e. The molecule has 1 amide bonds. The van der Waals surface area contributed by atoms with Crippen LogP contribution >= 0.6 is 0 Å². The van der Waals surface area contributed by atoms with Gasteiger partial charge in [0.25, 0.3) is 0 Å². The molecule has 3 heterocycles. The molecule has 0 radical (unpaired) electrons. The van der Waals surface area contributed by atoms with Crippen molar-refractivity contribution in [1.82, 2.24) is 30.4 Å². The average molecular weight is 264 g/mol. The predicted molar refractivity (Wildman–Crippen MR) is 68.3 cm³/mol. The number of aromatic nitrogens is 4. The number of carbonyl (C=O) groups excluding carboxylic acids is 1. The number of tetrazole rings is 1. The molecule has 0 saturated carbocycles. The SMILES string of the molecule is O=C([C@@H]1C[C@@H](n2cnnn2)CN1)N1CCCCCC1. The van der Waals surface area contributed by atoms with Gasteiger partial charge in [0.05, 0.1) is 12.1 Å². The van der Waals surface area contributed by atoms with Crippen LogP contribution < -0.4 is 5.32 Å². The van der Waals surface area contributed by atoms with Crippen molar-refractivity contribution >= 4 is 5.91 Å². The van der Waals surface area contributed by atoms with Gasteiger partial charge in [-0.1, -0.05) is 12.8 Å². The lowest BCUT2D eigenvalue weighted by molar-refractivity contribution is -0.133. The Morgan fingerprint density at radius 3 is 2.68 bits per heavy atom. The molecule has 0 aromatic carbocycles. The van der Waals surface area contributed by atoms with E-state index in [0.29, 0.717) is 0 Å². The van der Waals surface area contributed by atoms with Crippen molar-refractivity contribution in [3.8, 4) is 0 Å². The first kappa shape index (κ1) is 12.5. The standard InChI is InChI=1S/C12H20N6O/c19-12(17-5-3-1-2-4-6-17)11-7-10(8-13-11)18-9-14-15-16-18/h9-11,13H,1-8H2/t10-,11+/m1/s1. The van der Waals surface area contributed by atoms with Crippen LogP contribution in [0.1, 0.15) is 38.1 Å². The van der Waals surface area contributed by atoms with Crippen molar-refractivity contribution in [2.45, 2.75) is 44.2 Å². The molecule has 2 saturated heterocycles. The second-order valence-electron chi connectivity index (χ2n) is 5.38. The van der Waals surface area contributed by atoms with Crippen LogP contribution in [-0.2, 0) is 4.79 Å². The van der Waals surface area contributed by atoms with Gasteiger partial charge in [-0.3, -0.25) is 4.79 Å². The van der Waals surface area contributed by atoms with Gasteiger partial charge in [0.1, 0.15) is 6.33 Å². The van der Waals surface area contributed by atoms with Gasteiger partial charge in [-0.15, -0.1) is 5.10 Å². The van der Waals surface area contributed by atoms with E-state index in [9.17, 15) is 4.79 Å². The third kappa shape index (κ3) is 2.75. The summed E-state index contributed by atoms with van der Waals surface area (Å²) in [6, 6.07) is 0.114. The lowest BCUT2D eigenvalue weighted by atomic mass is 10.1. The molecule has 19 heavy (non-hydrogen) atoms. The van der Waals surface area contributed by atoms with Gasteiger partial charge in [-0.25, -0.2) is 4.68 Å². The zero-order valence-electron chi connectivity index (χ0n) is 11.0. The highest BCUT2D eigenvalue weighted by atomic mass is 16.2. The van der Waals surface area contributed by atoms with E-state index in [1.165, 1.54) is 12.8 Å². The van der Waals surface area contributed by atoms with Gasteiger partial charge in [0.15, 0.2) is 0 Å². The highest BCUT2D eigenvalue weighted by molar-refractivity contribution is 5.82. The van der Waals surface area contributed by atoms with Crippen LogP contribution in [0.2, 0.25) is 0 Å². The molecule has 0 unspecified atom stereocenters. The maximum absolute atomic E-state index is 12.5. The molecule has 2 fully saturated rings. The second kappa shape index (κ2) is 5.64. The second-order valence-corrected chi connectivity index (χ2v) is 5.38. The minimum atomic E-state index is -0.0766. The Balaban J connectivity index is 1.59. The first-order valence-electron chi connectivity index (χ1n) is 7.09. The third-order valence-corrected chi connectivity index (χ3v) is 4.06. The average Bonchev–Trinajstić information content (AvgIpc) is 3.04. The fraction of sp³-hybridized carbons (Fsp3) is 0.833. The number of rotatable bonds is 2. The van der Waals surface area contributed by atoms with Gasteiger partial charge in [-0.2, -0.15) is 0 Å². The van der Waals surface area contributed by atoms with E-state index in [1.54, 1.807) is 11.0 Å². The summed E-state index contributed by atoms with van der Waals surface area (Å²) in [7, 11) is 0.